The van der Waals surface area contributed by atoms with E-state index in [1.54, 1.807) is 31.4 Å². The molecule has 0 N–H and O–H groups in total. The number of rotatable bonds is 4. The van der Waals surface area contributed by atoms with Gasteiger partial charge in [-0.2, -0.15) is 8.75 Å². The molecule has 0 atom stereocenters. The summed E-state index contributed by atoms with van der Waals surface area (Å²) in [5.74, 6) is 1.72. The first-order chi connectivity index (χ1) is 10.2. The van der Waals surface area contributed by atoms with Gasteiger partial charge in [0.05, 0.1) is 23.8 Å². The summed E-state index contributed by atoms with van der Waals surface area (Å²) < 4.78 is 18.8. The predicted molar refractivity (Wildman–Crippen MR) is 77.1 cm³/mol. The highest BCUT2D eigenvalue weighted by molar-refractivity contribution is 7.00. The van der Waals surface area contributed by atoms with Crippen molar-refractivity contribution < 1.29 is 14.4 Å². The van der Waals surface area contributed by atoms with Crippen molar-refractivity contribution in [3.8, 4) is 17.2 Å². The van der Waals surface area contributed by atoms with Gasteiger partial charge in [-0.25, -0.2) is 0 Å². The molecule has 106 valence electrons. The second-order valence-corrected chi connectivity index (χ2v) is 4.61. The van der Waals surface area contributed by atoms with Gasteiger partial charge in [-0.1, -0.05) is 0 Å². The summed E-state index contributed by atoms with van der Waals surface area (Å²) in [6.07, 6.45) is 0. The third kappa shape index (κ3) is 2.48. The van der Waals surface area contributed by atoms with Gasteiger partial charge in [0, 0.05) is 6.07 Å². The van der Waals surface area contributed by atoms with Crippen LogP contribution in [0.1, 0.15) is 0 Å². The van der Waals surface area contributed by atoms with Crippen LogP contribution in [0.5, 0.6) is 17.2 Å². The SMILES string of the molecule is COc1ccc(Oc2ccc([N+](=O)[O-])c3nsnc23)cc1. The number of nitrogens with zero attached hydrogens (tertiary/aromatic N) is 3. The smallest absolute Gasteiger partial charge is 0.298 e. The van der Waals surface area contributed by atoms with Gasteiger partial charge in [0.15, 0.2) is 16.8 Å². The minimum Gasteiger partial charge on any atom is -0.497 e. The second kappa shape index (κ2) is 5.33. The molecule has 0 aliphatic heterocycles. The van der Waals surface area contributed by atoms with E-state index in [9.17, 15) is 10.1 Å². The van der Waals surface area contributed by atoms with Gasteiger partial charge in [0.25, 0.3) is 5.69 Å². The fourth-order valence-electron chi connectivity index (χ4n) is 1.83. The Labute approximate surface area is 123 Å². The molecule has 3 aromatic rings. The van der Waals surface area contributed by atoms with Crippen molar-refractivity contribution in [1.82, 2.24) is 8.75 Å². The van der Waals surface area contributed by atoms with Crippen LogP contribution in [0.2, 0.25) is 0 Å². The van der Waals surface area contributed by atoms with Crippen LogP contribution in [0.3, 0.4) is 0 Å². The zero-order valence-corrected chi connectivity index (χ0v) is 11.7. The van der Waals surface area contributed by atoms with Crippen molar-refractivity contribution in [3.63, 3.8) is 0 Å². The number of ether oxygens (including phenoxy) is 2. The highest BCUT2D eigenvalue weighted by atomic mass is 32.1. The van der Waals surface area contributed by atoms with Gasteiger partial charge in [-0.15, -0.1) is 0 Å². The summed E-state index contributed by atoms with van der Waals surface area (Å²) in [5.41, 5.74) is 0.530. The summed E-state index contributed by atoms with van der Waals surface area (Å²) in [5, 5.41) is 10.9. The molecular formula is C13H9N3O4S. The van der Waals surface area contributed by atoms with E-state index in [2.05, 4.69) is 8.75 Å². The molecule has 0 fully saturated rings. The molecule has 3 rings (SSSR count). The van der Waals surface area contributed by atoms with Gasteiger partial charge in [-0.3, -0.25) is 10.1 Å². The van der Waals surface area contributed by atoms with Gasteiger partial charge >= 0.3 is 0 Å². The Hall–Kier alpha value is -2.74. The fraction of sp³-hybridized carbons (Fsp3) is 0.0769. The highest BCUT2D eigenvalue weighted by Crippen LogP contribution is 2.34. The van der Waals surface area contributed by atoms with E-state index in [0.29, 0.717) is 22.8 Å². The van der Waals surface area contributed by atoms with Crippen molar-refractivity contribution in [2.75, 3.05) is 7.11 Å². The molecule has 0 aliphatic rings. The number of aromatic nitrogens is 2. The van der Waals surface area contributed by atoms with Gasteiger partial charge < -0.3 is 9.47 Å². The van der Waals surface area contributed by atoms with E-state index in [4.69, 9.17) is 9.47 Å². The van der Waals surface area contributed by atoms with Crippen molar-refractivity contribution in [3.05, 3.63) is 46.5 Å². The Morgan fingerprint density at radius 3 is 2.38 bits per heavy atom. The maximum absolute atomic E-state index is 10.9. The van der Waals surface area contributed by atoms with Crippen LogP contribution in [0.4, 0.5) is 5.69 Å². The number of hydrogen-bond donors (Lipinski definition) is 0. The van der Waals surface area contributed by atoms with E-state index >= 15 is 0 Å². The van der Waals surface area contributed by atoms with Crippen LogP contribution < -0.4 is 9.47 Å². The molecule has 0 bridgehead atoms. The second-order valence-electron chi connectivity index (χ2n) is 4.08. The van der Waals surface area contributed by atoms with Crippen LogP contribution >= 0.6 is 11.7 Å². The summed E-state index contributed by atoms with van der Waals surface area (Å²) in [7, 11) is 1.58. The van der Waals surface area contributed by atoms with Gasteiger partial charge in [-0.05, 0) is 30.3 Å². The van der Waals surface area contributed by atoms with Crippen LogP contribution in [0, 0.1) is 10.1 Å². The monoisotopic (exact) mass is 303 g/mol. The van der Waals surface area contributed by atoms with E-state index in [0.717, 1.165) is 11.7 Å². The summed E-state index contributed by atoms with van der Waals surface area (Å²) >= 11 is 0.911. The van der Waals surface area contributed by atoms with Crippen LogP contribution in [0.25, 0.3) is 11.0 Å². The van der Waals surface area contributed by atoms with Crippen LogP contribution in [-0.2, 0) is 0 Å². The molecule has 0 aliphatic carbocycles. The summed E-state index contributed by atoms with van der Waals surface area (Å²) in [4.78, 5) is 10.5. The Balaban J connectivity index is 1.99. The third-order valence-electron chi connectivity index (χ3n) is 2.84. The largest absolute Gasteiger partial charge is 0.497 e. The minimum atomic E-state index is -0.485. The van der Waals surface area contributed by atoms with E-state index < -0.39 is 4.92 Å². The van der Waals surface area contributed by atoms with Crippen LogP contribution in [0.15, 0.2) is 36.4 Å². The Bertz CT molecular complexity index is 801. The Kier molecular flexibility index (Phi) is 3.36. The summed E-state index contributed by atoms with van der Waals surface area (Å²) in [6, 6.07) is 9.89. The molecule has 21 heavy (non-hydrogen) atoms. The molecule has 8 heteroatoms. The molecule has 0 spiro atoms. The van der Waals surface area contributed by atoms with E-state index in [1.165, 1.54) is 12.1 Å². The maximum Gasteiger partial charge on any atom is 0.298 e. The number of methoxy groups -OCH3 is 1. The van der Waals surface area contributed by atoms with Gasteiger partial charge in [0.1, 0.15) is 11.5 Å². The zero-order valence-electron chi connectivity index (χ0n) is 10.8. The quantitative estimate of drug-likeness (QED) is 0.542. The molecule has 2 aromatic carbocycles. The van der Waals surface area contributed by atoms with Crippen molar-refractivity contribution in [2.24, 2.45) is 0 Å². The lowest BCUT2D eigenvalue weighted by Crippen LogP contribution is -1.92. The first-order valence-electron chi connectivity index (χ1n) is 5.90. The molecule has 0 amide bonds. The van der Waals surface area contributed by atoms with Crippen molar-refractivity contribution in [2.45, 2.75) is 0 Å². The van der Waals surface area contributed by atoms with Crippen LogP contribution in [-0.4, -0.2) is 20.8 Å². The number of nitro benzene ring substituents is 1. The average molecular weight is 303 g/mol. The molecule has 1 aromatic heterocycles. The molecule has 0 unspecified atom stereocenters. The first-order valence-corrected chi connectivity index (χ1v) is 6.63. The third-order valence-corrected chi connectivity index (χ3v) is 3.37. The molecule has 0 saturated carbocycles. The standard InChI is InChI=1S/C13H9N3O4S/c1-19-8-2-4-9(5-3-8)20-11-7-6-10(16(17)18)12-13(11)15-21-14-12/h2-7H,1H3. The molecule has 0 saturated heterocycles. The molecular weight excluding hydrogens is 294 g/mol. The number of hydrogen-bond acceptors (Lipinski definition) is 7. The van der Waals surface area contributed by atoms with E-state index in [-0.39, 0.29) is 11.2 Å². The topological polar surface area (TPSA) is 87.4 Å². The van der Waals surface area contributed by atoms with E-state index in [1.807, 2.05) is 0 Å². The van der Waals surface area contributed by atoms with Gasteiger partial charge in [0.2, 0.25) is 0 Å². The minimum absolute atomic E-state index is 0.0826. The number of nitro groups is 1. The normalized spacial score (nSPS) is 10.5. The number of fused-ring (bicyclic) bond motifs is 1. The fourth-order valence-corrected chi connectivity index (χ4v) is 2.39. The summed E-state index contributed by atoms with van der Waals surface area (Å²) in [6.45, 7) is 0. The maximum atomic E-state index is 10.9. The lowest BCUT2D eigenvalue weighted by atomic mass is 10.2. The predicted octanol–water partition coefficient (Wildman–Crippen LogP) is 3.40. The van der Waals surface area contributed by atoms with Crippen molar-refractivity contribution in [1.29, 1.82) is 0 Å². The lowest BCUT2D eigenvalue weighted by molar-refractivity contribution is -0.383. The molecule has 0 radical (unpaired) electrons. The average Bonchev–Trinajstić information content (AvgIpc) is 2.98. The molecule has 1 heterocycles. The first kappa shape index (κ1) is 13.3. The Morgan fingerprint density at radius 1 is 1.05 bits per heavy atom. The Morgan fingerprint density at radius 2 is 1.71 bits per heavy atom. The van der Waals surface area contributed by atoms with Crippen molar-refractivity contribution >= 4 is 28.4 Å². The lowest BCUT2D eigenvalue weighted by Gasteiger charge is -2.06. The number of benzene rings is 2. The molecule has 7 nitrogen and oxygen atoms in total. The number of non-ortho nitro benzene ring substituents is 1. The zero-order chi connectivity index (χ0) is 14.8. The highest BCUT2D eigenvalue weighted by Gasteiger charge is 2.19.